The lowest BCUT2D eigenvalue weighted by atomic mass is 9.72. The first-order valence-corrected chi connectivity index (χ1v) is 9.58. The molecule has 2 aliphatic heterocycles. The van der Waals surface area contributed by atoms with Gasteiger partial charge < -0.3 is 14.9 Å². The van der Waals surface area contributed by atoms with Gasteiger partial charge in [-0.1, -0.05) is 0 Å². The number of nitrogens with zero attached hydrogens (tertiary/aromatic N) is 5. The molecule has 27 heavy (non-hydrogen) atoms. The molecule has 0 aromatic carbocycles. The number of piperidine rings is 2. The van der Waals surface area contributed by atoms with Crippen molar-refractivity contribution >= 4 is 17.6 Å². The Morgan fingerprint density at radius 1 is 1.26 bits per heavy atom. The minimum atomic E-state index is -0.0561. The molecule has 0 radical (unpaired) electrons. The van der Waals surface area contributed by atoms with Crippen molar-refractivity contribution in [3.05, 3.63) is 30.4 Å². The number of aliphatic hydroxyl groups excluding tert-OH is 1. The zero-order valence-corrected chi connectivity index (χ0v) is 15.4. The third kappa shape index (κ3) is 3.53. The standard InChI is InChI=1S/C19H25N5O3/c25-12-2-9-24-14-19(4-3-16(24)26)5-10-22(11-6-19)17(27)15-13-23-8-1-7-20-18(23)21-15/h1,7-8,13,25H,2-6,9-12,14H2. The SMILES string of the molecule is O=C1CCC2(CCN(C(=O)c3cn4cccnc4n3)CC2)CN1CCCO. The monoisotopic (exact) mass is 371 g/mol. The molecule has 0 bridgehead atoms. The summed E-state index contributed by atoms with van der Waals surface area (Å²) >= 11 is 0. The van der Waals surface area contributed by atoms with E-state index < -0.39 is 0 Å². The van der Waals surface area contributed by atoms with E-state index in [9.17, 15) is 9.59 Å². The number of aromatic nitrogens is 3. The number of hydrogen-bond acceptors (Lipinski definition) is 5. The Hall–Kier alpha value is -2.48. The van der Waals surface area contributed by atoms with Crippen LogP contribution in [0.4, 0.5) is 0 Å². The number of likely N-dealkylation sites (tertiary alicyclic amines) is 2. The molecule has 2 aromatic rings. The van der Waals surface area contributed by atoms with Crippen LogP contribution in [0.25, 0.3) is 5.78 Å². The van der Waals surface area contributed by atoms with Crippen molar-refractivity contribution < 1.29 is 14.7 Å². The van der Waals surface area contributed by atoms with E-state index in [4.69, 9.17) is 5.11 Å². The smallest absolute Gasteiger partial charge is 0.274 e. The molecule has 2 aliphatic rings. The zero-order valence-electron chi connectivity index (χ0n) is 15.4. The molecular formula is C19H25N5O3. The molecule has 4 heterocycles. The number of aliphatic hydroxyl groups is 1. The molecule has 2 aromatic heterocycles. The van der Waals surface area contributed by atoms with Crippen LogP contribution in [-0.2, 0) is 4.79 Å². The molecule has 2 amide bonds. The number of carbonyl (C=O) groups excluding carboxylic acids is 2. The molecule has 8 heteroatoms. The van der Waals surface area contributed by atoms with Gasteiger partial charge in [0.1, 0.15) is 5.69 Å². The minimum Gasteiger partial charge on any atom is -0.396 e. The highest BCUT2D eigenvalue weighted by atomic mass is 16.3. The van der Waals surface area contributed by atoms with Crippen LogP contribution in [0.15, 0.2) is 24.7 Å². The number of fused-ring (bicyclic) bond motifs is 1. The van der Waals surface area contributed by atoms with Crippen LogP contribution in [0.1, 0.15) is 42.6 Å². The largest absolute Gasteiger partial charge is 0.396 e. The van der Waals surface area contributed by atoms with Gasteiger partial charge in [0.05, 0.1) is 0 Å². The summed E-state index contributed by atoms with van der Waals surface area (Å²) < 4.78 is 1.75. The van der Waals surface area contributed by atoms with Gasteiger partial charge in [0.15, 0.2) is 0 Å². The van der Waals surface area contributed by atoms with E-state index in [0.29, 0.717) is 43.9 Å². The summed E-state index contributed by atoms with van der Waals surface area (Å²) in [4.78, 5) is 37.2. The van der Waals surface area contributed by atoms with Crippen LogP contribution in [0, 0.1) is 5.41 Å². The third-order valence-electron chi connectivity index (χ3n) is 5.90. The lowest BCUT2D eigenvalue weighted by molar-refractivity contribution is -0.139. The predicted octanol–water partition coefficient (Wildman–Crippen LogP) is 0.956. The molecular weight excluding hydrogens is 346 g/mol. The van der Waals surface area contributed by atoms with Gasteiger partial charge in [-0.25, -0.2) is 9.97 Å². The fourth-order valence-electron chi connectivity index (χ4n) is 4.25. The molecule has 0 atom stereocenters. The maximum absolute atomic E-state index is 12.8. The summed E-state index contributed by atoms with van der Waals surface area (Å²) in [7, 11) is 0. The van der Waals surface area contributed by atoms with Crippen molar-refractivity contribution in [3.63, 3.8) is 0 Å². The Bertz CT molecular complexity index is 808. The Morgan fingerprint density at radius 2 is 2.07 bits per heavy atom. The fraction of sp³-hybridized carbons (Fsp3) is 0.579. The topological polar surface area (TPSA) is 91.0 Å². The number of imidazole rings is 1. The van der Waals surface area contributed by atoms with Crippen molar-refractivity contribution in [1.29, 1.82) is 0 Å². The van der Waals surface area contributed by atoms with Crippen molar-refractivity contribution in [3.8, 4) is 0 Å². The van der Waals surface area contributed by atoms with E-state index in [1.54, 1.807) is 22.9 Å². The maximum Gasteiger partial charge on any atom is 0.274 e. The van der Waals surface area contributed by atoms with Crippen molar-refractivity contribution in [1.82, 2.24) is 24.2 Å². The van der Waals surface area contributed by atoms with Crippen molar-refractivity contribution in [2.24, 2.45) is 5.41 Å². The molecule has 0 saturated carbocycles. The second kappa shape index (κ2) is 7.26. The average Bonchev–Trinajstić information content (AvgIpc) is 3.13. The van der Waals surface area contributed by atoms with Gasteiger partial charge in [-0.2, -0.15) is 0 Å². The first kappa shape index (κ1) is 17.9. The molecule has 0 unspecified atom stereocenters. The number of carbonyl (C=O) groups is 2. The van der Waals surface area contributed by atoms with E-state index >= 15 is 0 Å². The van der Waals surface area contributed by atoms with Gasteiger partial charge >= 0.3 is 0 Å². The van der Waals surface area contributed by atoms with Gasteiger partial charge in [-0.3, -0.25) is 14.0 Å². The van der Waals surface area contributed by atoms with E-state index in [-0.39, 0.29) is 23.8 Å². The molecule has 0 aliphatic carbocycles. The Labute approximate surface area is 157 Å². The predicted molar refractivity (Wildman–Crippen MR) is 98.1 cm³/mol. The fourth-order valence-corrected chi connectivity index (χ4v) is 4.25. The second-order valence-electron chi connectivity index (χ2n) is 7.64. The lowest BCUT2D eigenvalue weighted by Gasteiger charge is -2.47. The second-order valence-corrected chi connectivity index (χ2v) is 7.64. The summed E-state index contributed by atoms with van der Waals surface area (Å²) in [5.41, 5.74) is 0.522. The summed E-state index contributed by atoms with van der Waals surface area (Å²) in [6, 6.07) is 1.81. The Kier molecular flexibility index (Phi) is 4.82. The van der Waals surface area contributed by atoms with Gasteiger partial charge in [0, 0.05) is 57.8 Å². The molecule has 4 rings (SSSR count). The summed E-state index contributed by atoms with van der Waals surface area (Å²) in [6.07, 6.45) is 9.09. The van der Waals surface area contributed by atoms with E-state index in [0.717, 1.165) is 25.8 Å². The maximum atomic E-state index is 12.8. The molecule has 1 N–H and O–H groups in total. The Morgan fingerprint density at radius 3 is 2.81 bits per heavy atom. The van der Waals surface area contributed by atoms with Gasteiger partial charge in [-0.05, 0) is 37.2 Å². The van der Waals surface area contributed by atoms with Crippen LogP contribution in [0.3, 0.4) is 0 Å². The molecule has 1 spiro atoms. The van der Waals surface area contributed by atoms with E-state index in [1.807, 2.05) is 16.0 Å². The molecule has 8 nitrogen and oxygen atoms in total. The molecule has 2 saturated heterocycles. The zero-order chi connectivity index (χ0) is 18.9. The number of amides is 2. The first-order valence-electron chi connectivity index (χ1n) is 9.58. The summed E-state index contributed by atoms with van der Waals surface area (Å²) in [5.74, 6) is 0.656. The molecule has 2 fully saturated rings. The van der Waals surface area contributed by atoms with Crippen molar-refractivity contribution in [2.45, 2.75) is 32.1 Å². The summed E-state index contributed by atoms with van der Waals surface area (Å²) in [6.45, 7) is 2.83. The van der Waals surface area contributed by atoms with E-state index in [2.05, 4.69) is 9.97 Å². The normalized spacial score (nSPS) is 19.8. The number of hydrogen-bond donors (Lipinski definition) is 1. The van der Waals surface area contributed by atoms with Gasteiger partial charge in [0.25, 0.3) is 5.91 Å². The highest BCUT2D eigenvalue weighted by molar-refractivity contribution is 5.92. The Balaban J connectivity index is 1.40. The van der Waals surface area contributed by atoms with Crippen LogP contribution in [-0.4, -0.2) is 73.9 Å². The highest BCUT2D eigenvalue weighted by Gasteiger charge is 2.41. The highest BCUT2D eigenvalue weighted by Crippen LogP contribution is 2.40. The summed E-state index contributed by atoms with van der Waals surface area (Å²) in [5, 5.41) is 9.05. The lowest BCUT2D eigenvalue weighted by Crippen LogP contribution is -2.52. The van der Waals surface area contributed by atoms with Gasteiger partial charge in [-0.15, -0.1) is 0 Å². The van der Waals surface area contributed by atoms with Crippen LogP contribution in [0.5, 0.6) is 0 Å². The quantitative estimate of drug-likeness (QED) is 0.864. The molecule has 144 valence electrons. The van der Waals surface area contributed by atoms with Gasteiger partial charge in [0.2, 0.25) is 11.7 Å². The van der Waals surface area contributed by atoms with E-state index in [1.165, 1.54) is 0 Å². The van der Waals surface area contributed by atoms with Crippen LogP contribution >= 0.6 is 0 Å². The van der Waals surface area contributed by atoms with Crippen LogP contribution < -0.4 is 0 Å². The average molecular weight is 371 g/mol. The number of rotatable bonds is 4. The minimum absolute atomic E-state index is 0.0561. The van der Waals surface area contributed by atoms with Crippen LogP contribution in [0.2, 0.25) is 0 Å². The third-order valence-corrected chi connectivity index (χ3v) is 5.90. The van der Waals surface area contributed by atoms with Crippen molar-refractivity contribution in [2.75, 3.05) is 32.8 Å². The first-order chi connectivity index (χ1) is 13.1.